The SMILES string of the molecule is CC(C)c1cc(-c2ccccc2C(C)C)n[nH]1. The Morgan fingerprint density at radius 2 is 1.71 bits per heavy atom. The van der Waals surface area contributed by atoms with Crippen molar-refractivity contribution >= 4 is 0 Å². The predicted molar refractivity (Wildman–Crippen MR) is 72.2 cm³/mol. The van der Waals surface area contributed by atoms with Gasteiger partial charge in [-0.1, -0.05) is 52.0 Å². The summed E-state index contributed by atoms with van der Waals surface area (Å²) < 4.78 is 0. The third-order valence-electron chi connectivity index (χ3n) is 3.08. The van der Waals surface area contributed by atoms with Gasteiger partial charge in [-0.3, -0.25) is 5.10 Å². The van der Waals surface area contributed by atoms with Gasteiger partial charge in [0.25, 0.3) is 0 Å². The highest BCUT2D eigenvalue weighted by Gasteiger charge is 2.11. The monoisotopic (exact) mass is 228 g/mol. The average Bonchev–Trinajstić information content (AvgIpc) is 2.78. The Hall–Kier alpha value is -1.57. The van der Waals surface area contributed by atoms with Gasteiger partial charge in [0.2, 0.25) is 0 Å². The summed E-state index contributed by atoms with van der Waals surface area (Å²) in [5.74, 6) is 1.01. The largest absolute Gasteiger partial charge is 0.282 e. The molecular formula is C15H20N2. The van der Waals surface area contributed by atoms with Gasteiger partial charge in [0.1, 0.15) is 0 Å². The Balaban J connectivity index is 2.45. The Morgan fingerprint density at radius 1 is 1.00 bits per heavy atom. The van der Waals surface area contributed by atoms with Crippen molar-refractivity contribution in [3.05, 3.63) is 41.6 Å². The van der Waals surface area contributed by atoms with E-state index >= 15 is 0 Å². The van der Waals surface area contributed by atoms with Crippen molar-refractivity contribution in [2.75, 3.05) is 0 Å². The molecule has 0 saturated heterocycles. The van der Waals surface area contributed by atoms with Crippen molar-refractivity contribution in [2.45, 2.75) is 39.5 Å². The Labute approximate surface area is 103 Å². The normalized spacial score (nSPS) is 11.4. The minimum absolute atomic E-state index is 0.488. The highest BCUT2D eigenvalue weighted by Crippen LogP contribution is 2.29. The lowest BCUT2D eigenvalue weighted by Gasteiger charge is -2.10. The van der Waals surface area contributed by atoms with Crippen LogP contribution in [-0.2, 0) is 0 Å². The summed E-state index contributed by atoms with van der Waals surface area (Å²) in [5.41, 5.74) is 4.84. The Morgan fingerprint density at radius 3 is 2.29 bits per heavy atom. The zero-order valence-electron chi connectivity index (χ0n) is 11.0. The van der Waals surface area contributed by atoms with Crippen molar-refractivity contribution in [1.29, 1.82) is 0 Å². The van der Waals surface area contributed by atoms with Crippen LogP contribution in [0.5, 0.6) is 0 Å². The van der Waals surface area contributed by atoms with Crippen LogP contribution in [0.3, 0.4) is 0 Å². The summed E-state index contributed by atoms with van der Waals surface area (Å²) in [5, 5.41) is 7.55. The number of hydrogen-bond acceptors (Lipinski definition) is 1. The fourth-order valence-electron chi connectivity index (χ4n) is 2.00. The molecule has 0 bridgehead atoms. The smallest absolute Gasteiger partial charge is 0.0926 e. The number of aromatic nitrogens is 2. The van der Waals surface area contributed by atoms with E-state index < -0.39 is 0 Å². The van der Waals surface area contributed by atoms with Crippen LogP contribution in [0.2, 0.25) is 0 Å². The zero-order chi connectivity index (χ0) is 12.4. The van der Waals surface area contributed by atoms with Crippen molar-refractivity contribution < 1.29 is 0 Å². The van der Waals surface area contributed by atoms with Crippen LogP contribution in [0.25, 0.3) is 11.3 Å². The molecular weight excluding hydrogens is 208 g/mol. The molecule has 17 heavy (non-hydrogen) atoms. The fourth-order valence-corrected chi connectivity index (χ4v) is 2.00. The molecule has 2 rings (SSSR count). The molecule has 2 heteroatoms. The second kappa shape index (κ2) is 4.74. The maximum absolute atomic E-state index is 4.43. The number of nitrogens with one attached hydrogen (secondary N) is 1. The van der Waals surface area contributed by atoms with E-state index in [4.69, 9.17) is 0 Å². The van der Waals surface area contributed by atoms with Gasteiger partial charge in [0.05, 0.1) is 5.69 Å². The number of nitrogens with zero attached hydrogens (tertiary/aromatic N) is 1. The molecule has 0 aliphatic heterocycles. The molecule has 0 atom stereocenters. The second-order valence-electron chi connectivity index (χ2n) is 5.11. The molecule has 0 fully saturated rings. The molecule has 0 amide bonds. The molecule has 90 valence electrons. The zero-order valence-corrected chi connectivity index (χ0v) is 11.0. The lowest BCUT2D eigenvalue weighted by atomic mass is 9.95. The van der Waals surface area contributed by atoms with Gasteiger partial charge in [0.15, 0.2) is 0 Å². The van der Waals surface area contributed by atoms with Crippen molar-refractivity contribution in [3.8, 4) is 11.3 Å². The molecule has 0 spiro atoms. The van der Waals surface area contributed by atoms with Gasteiger partial charge in [-0.2, -0.15) is 5.10 Å². The van der Waals surface area contributed by atoms with Crippen LogP contribution >= 0.6 is 0 Å². The summed E-state index contributed by atoms with van der Waals surface area (Å²) >= 11 is 0. The van der Waals surface area contributed by atoms with Crippen molar-refractivity contribution in [3.63, 3.8) is 0 Å². The first-order valence-corrected chi connectivity index (χ1v) is 6.24. The third-order valence-corrected chi connectivity index (χ3v) is 3.08. The molecule has 2 aromatic rings. The highest BCUT2D eigenvalue weighted by atomic mass is 15.1. The molecule has 1 aromatic carbocycles. The molecule has 0 saturated carbocycles. The number of benzene rings is 1. The van der Waals surface area contributed by atoms with E-state index in [1.165, 1.54) is 16.8 Å². The maximum atomic E-state index is 4.43. The molecule has 0 aliphatic rings. The van der Waals surface area contributed by atoms with Crippen LogP contribution in [0.15, 0.2) is 30.3 Å². The van der Waals surface area contributed by atoms with E-state index in [1.807, 2.05) is 0 Å². The number of hydrogen-bond donors (Lipinski definition) is 1. The maximum Gasteiger partial charge on any atom is 0.0926 e. The van der Waals surface area contributed by atoms with Crippen LogP contribution < -0.4 is 0 Å². The summed E-state index contributed by atoms with van der Waals surface area (Å²) in [6.07, 6.45) is 0. The van der Waals surface area contributed by atoms with Gasteiger partial charge in [0, 0.05) is 11.3 Å². The quantitative estimate of drug-likeness (QED) is 0.832. The molecule has 1 N–H and O–H groups in total. The minimum Gasteiger partial charge on any atom is -0.282 e. The summed E-state index contributed by atoms with van der Waals surface area (Å²) in [7, 11) is 0. The lowest BCUT2D eigenvalue weighted by Crippen LogP contribution is -1.91. The van der Waals surface area contributed by atoms with E-state index in [2.05, 4.69) is 68.2 Å². The molecule has 1 aromatic heterocycles. The van der Waals surface area contributed by atoms with E-state index in [-0.39, 0.29) is 0 Å². The van der Waals surface area contributed by atoms with Crippen molar-refractivity contribution in [1.82, 2.24) is 10.2 Å². The Kier molecular flexibility index (Phi) is 3.32. The lowest BCUT2D eigenvalue weighted by molar-refractivity contribution is 0.810. The first kappa shape index (κ1) is 11.9. The third kappa shape index (κ3) is 2.41. The summed E-state index contributed by atoms with van der Waals surface area (Å²) in [6, 6.07) is 10.7. The number of H-pyrrole nitrogens is 1. The minimum atomic E-state index is 0.488. The molecule has 0 unspecified atom stereocenters. The van der Waals surface area contributed by atoms with Crippen LogP contribution in [0.1, 0.15) is 50.8 Å². The first-order chi connectivity index (χ1) is 8.09. The highest BCUT2D eigenvalue weighted by molar-refractivity contribution is 5.64. The van der Waals surface area contributed by atoms with E-state index in [1.54, 1.807) is 0 Å². The number of rotatable bonds is 3. The van der Waals surface area contributed by atoms with Crippen molar-refractivity contribution in [2.24, 2.45) is 0 Å². The van der Waals surface area contributed by atoms with E-state index in [0.29, 0.717) is 11.8 Å². The van der Waals surface area contributed by atoms with Gasteiger partial charge in [-0.25, -0.2) is 0 Å². The van der Waals surface area contributed by atoms with Gasteiger partial charge < -0.3 is 0 Å². The van der Waals surface area contributed by atoms with E-state index in [0.717, 1.165) is 5.69 Å². The topological polar surface area (TPSA) is 28.7 Å². The summed E-state index contributed by atoms with van der Waals surface area (Å²) in [4.78, 5) is 0. The predicted octanol–water partition coefficient (Wildman–Crippen LogP) is 4.32. The van der Waals surface area contributed by atoms with Crippen LogP contribution in [0.4, 0.5) is 0 Å². The van der Waals surface area contributed by atoms with Crippen LogP contribution in [-0.4, -0.2) is 10.2 Å². The molecule has 2 nitrogen and oxygen atoms in total. The number of aromatic amines is 1. The molecule has 0 radical (unpaired) electrons. The average molecular weight is 228 g/mol. The van der Waals surface area contributed by atoms with Gasteiger partial charge in [-0.05, 0) is 23.5 Å². The fraction of sp³-hybridized carbons (Fsp3) is 0.400. The van der Waals surface area contributed by atoms with E-state index in [9.17, 15) is 0 Å². The summed E-state index contributed by atoms with van der Waals surface area (Å²) in [6.45, 7) is 8.78. The first-order valence-electron chi connectivity index (χ1n) is 6.24. The van der Waals surface area contributed by atoms with Crippen LogP contribution in [0, 0.1) is 0 Å². The van der Waals surface area contributed by atoms with Gasteiger partial charge in [-0.15, -0.1) is 0 Å². The molecule has 0 aliphatic carbocycles. The second-order valence-corrected chi connectivity index (χ2v) is 5.11. The van der Waals surface area contributed by atoms with Gasteiger partial charge >= 0.3 is 0 Å². The molecule has 1 heterocycles. The standard InChI is InChI=1S/C15H20N2/c1-10(2)12-7-5-6-8-13(12)15-9-14(11(3)4)16-17-15/h5-11H,1-4H3,(H,16,17). The Bertz CT molecular complexity index is 495.